The van der Waals surface area contributed by atoms with Crippen LogP contribution in [-0.2, 0) is 13.3 Å². The van der Waals surface area contributed by atoms with Gasteiger partial charge in [0.1, 0.15) is 5.69 Å². The Labute approximate surface area is 74.4 Å². The average Bonchev–Trinajstić information content (AvgIpc) is 2.06. The molecule has 0 aromatic rings. The lowest BCUT2D eigenvalue weighted by molar-refractivity contribution is 0.0864. The third-order valence-corrected chi connectivity index (χ3v) is 3.42. The monoisotopic (exact) mass is 189 g/mol. The molecule has 0 rings (SSSR count). The summed E-state index contributed by atoms with van der Waals surface area (Å²) in [7, 11) is -2.96. The van der Waals surface area contributed by atoms with Gasteiger partial charge in [-0.15, -0.1) is 0 Å². The normalized spacial score (nSPS) is 11.2. The van der Waals surface area contributed by atoms with Crippen molar-refractivity contribution >= 4 is 8.80 Å². The fraction of sp³-hybridized carbons (Fsp3) is 0.857. The Morgan fingerprint density at radius 2 is 1.33 bits per heavy atom. The van der Waals surface area contributed by atoms with Crippen molar-refractivity contribution in [1.29, 1.82) is 5.26 Å². The molecule has 0 aliphatic heterocycles. The highest BCUT2D eigenvalue weighted by Gasteiger charge is 2.41. The van der Waals surface area contributed by atoms with Gasteiger partial charge >= 0.3 is 8.80 Å². The summed E-state index contributed by atoms with van der Waals surface area (Å²) in [4.78, 5) is 0. The van der Waals surface area contributed by atoms with E-state index in [2.05, 4.69) is 0 Å². The summed E-state index contributed by atoms with van der Waals surface area (Å²) in [6.07, 6.45) is 0. The van der Waals surface area contributed by atoms with Crippen molar-refractivity contribution in [2.45, 2.75) is 20.8 Å². The molecule has 0 aromatic carbocycles. The molecule has 0 bridgehead atoms. The first-order valence-corrected chi connectivity index (χ1v) is 5.80. The van der Waals surface area contributed by atoms with E-state index >= 15 is 0 Å². The molecule has 0 amide bonds. The van der Waals surface area contributed by atoms with Crippen LogP contribution in [0, 0.1) is 11.0 Å². The first-order valence-electron chi connectivity index (χ1n) is 4.07. The third-order valence-electron chi connectivity index (χ3n) is 1.14. The first-order chi connectivity index (χ1) is 5.74. The van der Waals surface area contributed by atoms with Gasteiger partial charge < -0.3 is 13.3 Å². The Kier molecular flexibility index (Phi) is 5.93. The van der Waals surface area contributed by atoms with Crippen molar-refractivity contribution in [3.63, 3.8) is 0 Å². The molecule has 0 saturated carbocycles. The van der Waals surface area contributed by atoms with Crippen LogP contribution in [0.2, 0.25) is 0 Å². The van der Waals surface area contributed by atoms with Crippen molar-refractivity contribution in [3.8, 4) is 5.69 Å². The van der Waals surface area contributed by atoms with Gasteiger partial charge in [-0.05, 0) is 20.8 Å². The zero-order valence-electron chi connectivity index (χ0n) is 7.79. The highest BCUT2D eigenvalue weighted by atomic mass is 28.4. The van der Waals surface area contributed by atoms with Crippen molar-refractivity contribution in [2.75, 3.05) is 19.8 Å². The van der Waals surface area contributed by atoms with E-state index in [9.17, 15) is 0 Å². The fourth-order valence-corrected chi connectivity index (χ4v) is 2.38. The number of hydrogen-bond acceptors (Lipinski definition) is 4. The van der Waals surface area contributed by atoms with Gasteiger partial charge in [-0.1, -0.05) is 0 Å². The maximum atomic E-state index is 8.81. The molecule has 0 aromatic heterocycles. The SMILES string of the molecule is CCO[Si](C#N)(OCC)OCC. The van der Waals surface area contributed by atoms with Crippen LogP contribution in [0.1, 0.15) is 20.8 Å². The molecule has 5 heteroatoms. The van der Waals surface area contributed by atoms with Crippen LogP contribution in [0.15, 0.2) is 0 Å². The minimum absolute atomic E-state index is 0.444. The molecular formula is C7H15NO3Si. The van der Waals surface area contributed by atoms with E-state index in [1.807, 2.05) is 26.5 Å². The lowest BCUT2D eigenvalue weighted by Crippen LogP contribution is -2.44. The van der Waals surface area contributed by atoms with Gasteiger partial charge in [-0.2, -0.15) is 5.26 Å². The molecule has 0 aliphatic carbocycles. The molecule has 0 aliphatic rings. The Morgan fingerprint density at radius 1 is 1.00 bits per heavy atom. The Morgan fingerprint density at radius 3 is 1.50 bits per heavy atom. The second-order valence-corrected chi connectivity index (χ2v) is 4.17. The minimum atomic E-state index is -2.96. The molecule has 4 nitrogen and oxygen atoms in total. The van der Waals surface area contributed by atoms with Crippen LogP contribution in [0.3, 0.4) is 0 Å². The number of rotatable bonds is 6. The van der Waals surface area contributed by atoms with E-state index < -0.39 is 8.80 Å². The van der Waals surface area contributed by atoms with Crippen LogP contribution in [-0.4, -0.2) is 28.6 Å². The first kappa shape index (κ1) is 11.6. The van der Waals surface area contributed by atoms with Crippen LogP contribution < -0.4 is 0 Å². The molecule has 70 valence electrons. The molecule has 0 spiro atoms. The molecule has 0 N–H and O–H groups in total. The number of nitriles is 1. The van der Waals surface area contributed by atoms with Gasteiger partial charge in [0.2, 0.25) is 0 Å². The van der Waals surface area contributed by atoms with Crippen molar-refractivity contribution < 1.29 is 13.3 Å². The van der Waals surface area contributed by atoms with Crippen molar-refractivity contribution in [3.05, 3.63) is 0 Å². The predicted molar refractivity (Wildman–Crippen MR) is 46.2 cm³/mol. The standard InChI is InChI=1S/C7H15NO3Si/c1-4-9-12(7-8,10-5-2)11-6-3/h4-6H2,1-3H3. The maximum Gasteiger partial charge on any atom is 0.619 e. The molecule has 0 saturated heterocycles. The summed E-state index contributed by atoms with van der Waals surface area (Å²) in [6, 6.07) is 0. The van der Waals surface area contributed by atoms with Gasteiger partial charge in [0, 0.05) is 19.8 Å². The van der Waals surface area contributed by atoms with E-state index in [0.29, 0.717) is 19.8 Å². The molecule has 0 unspecified atom stereocenters. The zero-order valence-corrected chi connectivity index (χ0v) is 8.79. The number of nitrogens with zero attached hydrogens (tertiary/aromatic N) is 1. The fourth-order valence-electron chi connectivity index (χ4n) is 0.792. The summed E-state index contributed by atoms with van der Waals surface area (Å²) < 4.78 is 15.6. The van der Waals surface area contributed by atoms with Crippen LogP contribution in [0.25, 0.3) is 0 Å². The van der Waals surface area contributed by atoms with E-state index in [4.69, 9.17) is 18.5 Å². The Balaban J connectivity index is 4.19. The lowest BCUT2D eigenvalue weighted by Gasteiger charge is -2.20. The van der Waals surface area contributed by atoms with Gasteiger partial charge in [0.05, 0.1) is 0 Å². The topological polar surface area (TPSA) is 51.5 Å². The second-order valence-electron chi connectivity index (χ2n) is 1.97. The Hall–Kier alpha value is -0.413. The smallest absolute Gasteiger partial charge is 0.363 e. The Bertz CT molecular complexity index is 140. The summed E-state index contributed by atoms with van der Waals surface area (Å²) in [5, 5.41) is 8.81. The summed E-state index contributed by atoms with van der Waals surface area (Å²) in [5.41, 5.74) is 1.99. The molecule has 0 atom stereocenters. The van der Waals surface area contributed by atoms with Gasteiger partial charge in [0.15, 0.2) is 0 Å². The van der Waals surface area contributed by atoms with Crippen molar-refractivity contribution in [2.24, 2.45) is 0 Å². The van der Waals surface area contributed by atoms with Gasteiger partial charge in [0.25, 0.3) is 0 Å². The quantitative estimate of drug-likeness (QED) is 0.587. The summed E-state index contributed by atoms with van der Waals surface area (Å²) >= 11 is 0. The van der Waals surface area contributed by atoms with E-state index in [-0.39, 0.29) is 0 Å². The van der Waals surface area contributed by atoms with Crippen LogP contribution >= 0.6 is 0 Å². The summed E-state index contributed by atoms with van der Waals surface area (Å²) in [6.45, 7) is 6.78. The predicted octanol–water partition coefficient (Wildman–Crippen LogP) is 1.10. The van der Waals surface area contributed by atoms with E-state index in [1.54, 1.807) is 0 Å². The average molecular weight is 189 g/mol. The van der Waals surface area contributed by atoms with Gasteiger partial charge in [-0.25, -0.2) is 0 Å². The van der Waals surface area contributed by atoms with Gasteiger partial charge in [-0.3, -0.25) is 0 Å². The van der Waals surface area contributed by atoms with E-state index in [1.165, 1.54) is 0 Å². The molecule has 12 heavy (non-hydrogen) atoms. The minimum Gasteiger partial charge on any atom is -0.363 e. The lowest BCUT2D eigenvalue weighted by atomic mass is 10.9. The zero-order chi connectivity index (χ0) is 9.45. The summed E-state index contributed by atoms with van der Waals surface area (Å²) in [5.74, 6) is 0. The maximum absolute atomic E-state index is 8.81. The largest absolute Gasteiger partial charge is 0.619 e. The van der Waals surface area contributed by atoms with Crippen LogP contribution in [0.5, 0.6) is 0 Å². The van der Waals surface area contributed by atoms with E-state index in [0.717, 1.165) is 0 Å². The highest BCUT2D eigenvalue weighted by molar-refractivity contribution is 6.68. The molecular weight excluding hydrogens is 174 g/mol. The molecule has 0 radical (unpaired) electrons. The number of hydrogen-bond donors (Lipinski definition) is 0. The van der Waals surface area contributed by atoms with Crippen molar-refractivity contribution in [1.82, 2.24) is 0 Å². The second kappa shape index (κ2) is 6.14. The van der Waals surface area contributed by atoms with Crippen LogP contribution in [0.4, 0.5) is 0 Å². The molecule has 0 heterocycles. The molecule has 0 fully saturated rings. The third kappa shape index (κ3) is 3.32. The highest BCUT2D eigenvalue weighted by Crippen LogP contribution is 2.07.